The predicted molar refractivity (Wildman–Crippen MR) is 154 cm³/mol. The van der Waals surface area contributed by atoms with Crippen LogP contribution in [0.4, 0.5) is 0 Å². The predicted octanol–water partition coefficient (Wildman–Crippen LogP) is 5.90. The molecule has 7 nitrogen and oxygen atoms in total. The van der Waals surface area contributed by atoms with E-state index in [4.69, 9.17) is 9.84 Å². The van der Waals surface area contributed by atoms with Crippen LogP contribution in [0.3, 0.4) is 0 Å². The molecule has 2 aliphatic heterocycles. The maximum atomic E-state index is 12.9. The molecule has 0 bridgehead atoms. The van der Waals surface area contributed by atoms with Gasteiger partial charge >= 0.3 is 5.97 Å². The summed E-state index contributed by atoms with van der Waals surface area (Å²) in [6, 6.07) is 18.3. The fourth-order valence-corrected chi connectivity index (χ4v) is 6.16. The molecule has 0 unspecified atom stereocenters. The van der Waals surface area contributed by atoms with Gasteiger partial charge in [-0.05, 0) is 67.6 Å². The van der Waals surface area contributed by atoms with Crippen LogP contribution in [0.2, 0.25) is 0 Å². The number of para-hydroxylation sites is 1. The van der Waals surface area contributed by atoms with Gasteiger partial charge in [0.05, 0.1) is 28.8 Å². The van der Waals surface area contributed by atoms with Gasteiger partial charge in [0.2, 0.25) is 0 Å². The van der Waals surface area contributed by atoms with Crippen molar-refractivity contribution >= 4 is 46.6 Å². The van der Waals surface area contributed by atoms with Gasteiger partial charge in [-0.3, -0.25) is 9.59 Å². The first kappa shape index (κ1) is 26.3. The fraction of sp³-hybridized carbons (Fsp3) is 0.310. The lowest BCUT2D eigenvalue weighted by Crippen LogP contribution is -2.39. The van der Waals surface area contributed by atoms with E-state index in [0.29, 0.717) is 42.6 Å². The first-order valence-corrected chi connectivity index (χ1v) is 14.7. The first-order valence-electron chi connectivity index (χ1n) is 12.9. The van der Waals surface area contributed by atoms with Crippen molar-refractivity contribution < 1.29 is 14.3 Å². The van der Waals surface area contributed by atoms with E-state index >= 15 is 0 Å². The van der Waals surface area contributed by atoms with Crippen molar-refractivity contribution in [1.82, 2.24) is 14.7 Å². The largest absolute Gasteiger partial charge is 0.466 e. The van der Waals surface area contributed by atoms with Gasteiger partial charge in [-0.15, -0.1) is 11.8 Å². The van der Waals surface area contributed by atoms with Gasteiger partial charge in [-0.1, -0.05) is 37.3 Å². The van der Waals surface area contributed by atoms with E-state index in [1.807, 2.05) is 54.2 Å². The Labute approximate surface area is 231 Å². The minimum absolute atomic E-state index is 0.0857. The summed E-state index contributed by atoms with van der Waals surface area (Å²) in [4.78, 5) is 33.2. The number of likely N-dealkylation sites (tertiary alicyclic amines) is 1. The number of amides is 1. The molecule has 0 spiro atoms. The number of amidine groups is 1. The Morgan fingerprint density at radius 3 is 2.53 bits per heavy atom. The molecule has 1 saturated heterocycles. The molecule has 5 rings (SSSR count). The van der Waals surface area contributed by atoms with Crippen molar-refractivity contribution in [2.24, 2.45) is 10.9 Å². The Balaban J connectivity index is 1.38. The zero-order chi connectivity index (χ0) is 26.5. The molecule has 196 valence electrons. The number of aliphatic imine (C=N–C) groups is 1. The maximum absolute atomic E-state index is 12.9. The smallest absolute Gasteiger partial charge is 0.309 e. The molecule has 1 fully saturated rings. The van der Waals surface area contributed by atoms with Gasteiger partial charge in [0, 0.05) is 35.3 Å². The summed E-state index contributed by atoms with van der Waals surface area (Å²) in [6.45, 7) is 5.71. The van der Waals surface area contributed by atoms with Crippen LogP contribution in [0.1, 0.15) is 32.3 Å². The number of hydrogen-bond donors (Lipinski definition) is 0. The lowest BCUT2D eigenvalue weighted by atomic mass is 9.97. The van der Waals surface area contributed by atoms with Gasteiger partial charge in [0.25, 0.3) is 5.91 Å². The second-order valence-corrected chi connectivity index (χ2v) is 11.3. The van der Waals surface area contributed by atoms with Gasteiger partial charge in [0.15, 0.2) is 5.17 Å². The van der Waals surface area contributed by atoms with Gasteiger partial charge in [-0.25, -0.2) is 4.68 Å². The Morgan fingerprint density at radius 2 is 1.84 bits per heavy atom. The lowest BCUT2D eigenvalue weighted by Gasteiger charge is -2.31. The molecule has 3 aromatic rings. The maximum Gasteiger partial charge on any atom is 0.309 e. The number of carbonyl (C=O) groups excluding carboxylic acids is 2. The third-order valence-electron chi connectivity index (χ3n) is 6.48. The van der Waals surface area contributed by atoms with Gasteiger partial charge in [-0.2, -0.15) is 10.1 Å². The normalized spacial score (nSPS) is 17.2. The van der Waals surface area contributed by atoms with Crippen LogP contribution in [0.15, 0.2) is 75.6 Å². The Bertz CT molecular complexity index is 1360. The zero-order valence-electron chi connectivity index (χ0n) is 21.5. The van der Waals surface area contributed by atoms with Crippen molar-refractivity contribution in [3.05, 3.63) is 71.3 Å². The number of hydrogen-bond acceptors (Lipinski definition) is 7. The molecule has 0 radical (unpaired) electrons. The van der Waals surface area contributed by atoms with Crippen molar-refractivity contribution in [3.8, 4) is 16.9 Å². The van der Waals surface area contributed by atoms with E-state index < -0.39 is 0 Å². The Hall–Kier alpha value is -3.30. The summed E-state index contributed by atoms with van der Waals surface area (Å²) in [5.74, 6) is 0.554. The number of benzene rings is 2. The number of nitrogens with zero attached hydrogens (tertiary/aromatic N) is 4. The molecule has 0 aliphatic carbocycles. The van der Waals surface area contributed by atoms with Gasteiger partial charge in [0.1, 0.15) is 0 Å². The quantitative estimate of drug-likeness (QED) is 0.208. The van der Waals surface area contributed by atoms with E-state index in [1.54, 1.807) is 11.8 Å². The van der Waals surface area contributed by atoms with Crippen LogP contribution < -0.4 is 0 Å². The summed E-state index contributed by atoms with van der Waals surface area (Å²) < 4.78 is 7.03. The zero-order valence-corrected chi connectivity index (χ0v) is 23.1. The summed E-state index contributed by atoms with van der Waals surface area (Å²) in [5.41, 5.74) is 3.61. The molecule has 0 saturated carbocycles. The van der Waals surface area contributed by atoms with Crippen LogP contribution in [-0.4, -0.2) is 57.2 Å². The van der Waals surface area contributed by atoms with Crippen molar-refractivity contribution in [2.45, 2.75) is 31.6 Å². The Morgan fingerprint density at radius 1 is 1.11 bits per heavy atom. The van der Waals surface area contributed by atoms with Crippen LogP contribution in [0, 0.1) is 5.92 Å². The van der Waals surface area contributed by atoms with Crippen LogP contribution >= 0.6 is 23.5 Å². The van der Waals surface area contributed by atoms with E-state index in [1.165, 1.54) is 16.7 Å². The highest BCUT2D eigenvalue weighted by molar-refractivity contribution is 8.18. The highest BCUT2D eigenvalue weighted by atomic mass is 32.2. The van der Waals surface area contributed by atoms with E-state index in [0.717, 1.165) is 28.3 Å². The Kier molecular flexibility index (Phi) is 8.34. The number of esters is 1. The molecule has 0 N–H and O–H groups in total. The highest BCUT2D eigenvalue weighted by Crippen LogP contribution is 2.35. The molecule has 2 aromatic carbocycles. The van der Waals surface area contributed by atoms with Crippen molar-refractivity contribution in [3.63, 3.8) is 0 Å². The fourth-order valence-electron chi connectivity index (χ4n) is 4.55. The highest BCUT2D eigenvalue weighted by Gasteiger charge is 2.32. The third-order valence-corrected chi connectivity index (χ3v) is 8.42. The molecular weight excluding hydrogens is 516 g/mol. The van der Waals surface area contributed by atoms with Crippen molar-refractivity contribution in [2.75, 3.05) is 25.4 Å². The molecule has 38 heavy (non-hydrogen) atoms. The topological polar surface area (TPSA) is 76.8 Å². The molecule has 1 aromatic heterocycles. The number of thioether (sulfide) groups is 2. The number of piperidine rings is 1. The van der Waals surface area contributed by atoms with E-state index in [9.17, 15) is 9.59 Å². The number of aromatic nitrogens is 2. The van der Waals surface area contributed by atoms with E-state index in [-0.39, 0.29) is 17.8 Å². The molecule has 3 heterocycles. The minimum Gasteiger partial charge on any atom is -0.466 e. The lowest BCUT2D eigenvalue weighted by molar-refractivity contribution is -0.149. The average molecular weight is 547 g/mol. The van der Waals surface area contributed by atoms with E-state index in [2.05, 4.69) is 41.1 Å². The summed E-state index contributed by atoms with van der Waals surface area (Å²) in [7, 11) is 0. The minimum atomic E-state index is -0.245. The molecule has 9 heteroatoms. The van der Waals surface area contributed by atoms with Gasteiger partial charge < -0.3 is 9.64 Å². The van der Waals surface area contributed by atoms with Crippen LogP contribution in [-0.2, 0) is 14.3 Å². The first-order chi connectivity index (χ1) is 18.6. The standard InChI is InChI=1S/C29H30N4O3S2/c1-3-36-28(35)21-14-16-32(17-15-21)29-30-27(34)25(38-29)18-22-19-33(23-8-6-5-7-9-23)31-26(22)20-10-12-24(13-11-20)37-4-2/h5-13,18-19,21H,3-4,14-17H2,1-2H3/b25-18-. The SMILES string of the molecule is CCOC(=O)C1CCN(C2=NC(=O)/C(=C/c3cn(-c4ccccc4)nc3-c3ccc(SCC)cc3)S2)CC1. The third kappa shape index (κ3) is 5.89. The molecule has 1 amide bonds. The molecular formula is C29H30N4O3S2. The number of carbonyl (C=O) groups is 2. The summed E-state index contributed by atoms with van der Waals surface area (Å²) in [6.07, 6.45) is 5.26. The molecule has 0 atom stereocenters. The summed E-state index contributed by atoms with van der Waals surface area (Å²) >= 11 is 3.19. The molecule has 2 aliphatic rings. The number of rotatable bonds is 7. The van der Waals surface area contributed by atoms with Crippen molar-refractivity contribution in [1.29, 1.82) is 0 Å². The van der Waals surface area contributed by atoms with Crippen LogP contribution in [0.5, 0.6) is 0 Å². The number of ether oxygens (including phenoxy) is 1. The summed E-state index contributed by atoms with van der Waals surface area (Å²) in [5, 5.41) is 5.59. The monoisotopic (exact) mass is 546 g/mol. The second kappa shape index (κ2) is 12.0. The average Bonchev–Trinajstić information content (AvgIpc) is 3.54. The second-order valence-electron chi connectivity index (χ2n) is 8.99. The van der Waals surface area contributed by atoms with Crippen LogP contribution in [0.25, 0.3) is 23.0 Å².